The van der Waals surface area contributed by atoms with Crippen LogP contribution >= 0.6 is 0 Å². The molecule has 0 aliphatic carbocycles. The maximum atomic E-state index is 12.2. The molecule has 0 saturated carbocycles. The number of phenols is 1. The van der Waals surface area contributed by atoms with Crippen LogP contribution in [0, 0.1) is 0 Å². The number of aromatic hydroxyl groups is 1. The number of hydrogen-bond donors (Lipinski definition) is 2. The molecule has 0 saturated heterocycles. The van der Waals surface area contributed by atoms with Crippen LogP contribution in [-0.4, -0.2) is 38.6 Å². The number of para-hydroxylation sites is 1. The van der Waals surface area contributed by atoms with E-state index < -0.39 is 33.9 Å². The number of sulfonamides is 1. The second kappa shape index (κ2) is 7.87. The molecule has 2 N–H and O–H groups in total. The Labute approximate surface area is 150 Å². The van der Waals surface area contributed by atoms with E-state index in [1.54, 1.807) is 30.3 Å². The van der Waals surface area contributed by atoms with Crippen molar-refractivity contribution in [3.63, 3.8) is 0 Å². The first-order chi connectivity index (χ1) is 12.2. The number of methoxy groups -OCH3 is 1. The van der Waals surface area contributed by atoms with Crippen LogP contribution in [0.15, 0.2) is 42.5 Å². The predicted octanol–water partition coefficient (Wildman–Crippen LogP) is 2.30. The van der Waals surface area contributed by atoms with Gasteiger partial charge in [0.25, 0.3) is 0 Å². The first-order valence-corrected chi connectivity index (χ1v) is 9.26. The van der Waals surface area contributed by atoms with Crippen molar-refractivity contribution in [3.8, 4) is 17.2 Å². The molecule has 0 bridgehead atoms. The Kier molecular flexibility index (Phi) is 5.83. The van der Waals surface area contributed by atoms with Crippen molar-refractivity contribution in [1.29, 1.82) is 0 Å². The molecule has 138 valence electrons. The van der Waals surface area contributed by atoms with Gasteiger partial charge in [0, 0.05) is 6.07 Å². The van der Waals surface area contributed by atoms with E-state index in [-0.39, 0.29) is 17.0 Å². The highest BCUT2D eigenvalue weighted by atomic mass is 32.2. The van der Waals surface area contributed by atoms with Crippen LogP contribution in [0.3, 0.4) is 0 Å². The average Bonchev–Trinajstić information content (AvgIpc) is 2.56. The number of nitrogens with one attached hydrogen (secondary N) is 1. The number of hydrogen-bond acceptors (Lipinski definition) is 7. The summed E-state index contributed by atoms with van der Waals surface area (Å²) in [6, 6.07) is 10.7. The van der Waals surface area contributed by atoms with Crippen molar-refractivity contribution in [2.45, 2.75) is 6.42 Å². The van der Waals surface area contributed by atoms with Crippen molar-refractivity contribution >= 4 is 27.5 Å². The number of benzene rings is 2. The lowest BCUT2D eigenvalue weighted by Crippen LogP contribution is -2.12. The molecule has 8 nitrogen and oxygen atoms in total. The number of anilines is 1. The maximum absolute atomic E-state index is 12.2. The zero-order chi connectivity index (χ0) is 19.3. The molecule has 0 radical (unpaired) electrons. The number of phenolic OH excluding ortho intramolecular Hbond substituents is 1. The van der Waals surface area contributed by atoms with Gasteiger partial charge in [-0.25, -0.2) is 8.42 Å². The van der Waals surface area contributed by atoms with Gasteiger partial charge >= 0.3 is 5.97 Å². The molecule has 0 fully saturated rings. The fraction of sp³-hybridized carbons (Fsp3) is 0.176. The quantitative estimate of drug-likeness (QED) is 0.430. The van der Waals surface area contributed by atoms with E-state index >= 15 is 0 Å². The zero-order valence-corrected chi connectivity index (χ0v) is 14.9. The lowest BCUT2D eigenvalue weighted by molar-refractivity contribution is -0.139. The summed E-state index contributed by atoms with van der Waals surface area (Å²) in [5, 5.41) is 10.1. The van der Waals surface area contributed by atoms with E-state index in [4.69, 9.17) is 4.74 Å². The molecule has 26 heavy (non-hydrogen) atoms. The van der Waals surface area contributed by atoms with Gasteiger partial charge in [0.15, 0.2) is 11.5 Å². The Balaban J connectivity index is 2.47. The molecule has 2 aromatic rings. The molecule has 0 atom stereocenters. The lowest BCUT2D eigenvalue weighted by Gasteiger charge is -2.14. The number of carbonyl (C=O) groups is 2. The van der Waals surface area contributed by atoms with E-state index in [0.717, 1.165) is 19.4 Å². The summed E-state index contributed by atoms with van der Waals surface area (Å²) in [7, 11) is -2.53. The van der Waals surface area contributed by atoms with Gasteiger partial charge in [0.1, 0.15) is 17.9 Å². The van der Waals surface area contributed by atoms with Gasteiger partial charge in [-0.3, -0.25) is 14.3 Å². The summed E-state index contributed by atoms with van der Waals surface area (Å²) < 4.78 is 35.4. The molecule has 0 heterocycles. The standard InChI is InChI=1S/C17H17NO7S/c1-24-17(21)10-15(20)12-8-16(25-11-6-4-3-5-7-11)13(9-14(12)19)18-26(2,22)23/h3-9,18-19H,10H2,1-2H3. The SMILES string of the molecule is COC(=O)CC(=O)c1cc(Oc2ccccc2)c(NS(C)(=O)=O)cc1O. The summed E-state index contributed by atoms with van der Waals surface area (Å²) in [6.45, 7) is 0. The van der Waals surface area contributed by atoms with Gasteiger partial charge in [-0.2, -0.15) is 0 Å². The normalized spacial score (nSPS) is 10.8. The Hall–Kier alpha value is -3.07. The van der Waals surface area contributed by atoms with Gasteiger partial charge in [-0.15, -0.1) is 0 Å². The smallest absolute Gasteiger partial charge is 0.313 e. The van der Waals surface area contributed by atoms with E-state index in [2.05, 4.69) is 9.46 Å². The van der Waals surface area contributed by atoms with E-state index in [1.165, 1.54) is 6.07 Å². The number of Topliss-reactive ketones (excluding diaryl/α,β-unsaturated/α-hetero) is 1. The Morgan fingerprint density at radius 3 is 2.38 bits per heavy atom. The maximum Gasteiger partial charge on any atom is 0.313 e. The molecular weight excluding hydrogens is 362 g/mol. The Morgan fingerprint density at radius 1 is 1.15 bits per heavy atom. The minimum atomic E-state index is -3.66. The Morgan fingerprint density at radius 2 is 1.81 bits per heavy atom. The minimum absolute atomic E-state index is 0.00681. The topological polar surface area (TPSA) is 119 Å². The highest BCUT2D eigenvalue weighted by Gasteiger charge is 2.21. The molecule has 9 heteroatoms. The van der Waals surface area contributed by atoms with Crippen molar-refractivity contribution in [2.75, 3.05) is 18.1 Å². The van der Waals surface area contributed by atoms with Gasteiger partial charge in [-0.05, 0) is 18.2 Å². The fourth-order valence-electron chi connectivity index (χ4n) is 2.07. The third-order valence-corrected chi connectivity index (χ3v) is 3.79. The third-order valence-electron chi connectivity index (χ3n) is 3.20. The van der Waals surface area contributed by atoms with Crippen molar-refractivity contribution < 1.29 is 32.6 Å². The largest absolute Gasteiger partial charge is 0.507 e. The predicted molar refractivity (Wildman–Crippen MR) is 94.1 cm³/mol. The van der Waals surface area contributed by atoms with Crippen LogP contribution < -0.4 is 9.46 Å². The lowest BCUT2D eigenvalue weighted by atomic mass is 10.1. The van der Waals surface area contributed by atoms with Crippen LogP contribution in [0.25, 0.3) is 0 Å². The highest BCUT2D eigenvalue weighted by molar-refractivity contribution is 7.92. The second-order valence-corrected chi connectivity index (χ2v) is 7.08. The summed E-state index contributed by atoms with van der Waals surface area (Å²) in [4.78, 5) is 23.5. The number of esters is 1. The number of carbonyl (C=O) groups excluding carboxylic acids is 2. The van der Waals surface area contributed by atoms with Gasteiger partial charge in [-0.1, -0.05) is 18.2 Å². The van der Waals surface area contributed by atoms with Crippen LogP contribution in [0.5, 0.6) is 17.2 Å². The molecule has 0 amide bonds. The zero-order valence-electron chi connectivity index (χ0n) is 14.1. The summed E-state index contributed by atoms with van der Waals surface area (Å²) in [5.41, 5.74) is -0.246. The van der Waals surface area contributed by atoms with E-state index in [0.29, 0.717) is 5.75 Å². The van der Waals surface area contributed by atoms with Crippen molar-refractivity contribution in [1.82, 2.24) is 0 Å². The number of ether oxygens (including phenoxy) is 2. The van der Waals surface area contributed by atoms with Crippen LogP contribution in [0.4, 0.5) is 5.69 Å². The first kappa shape index (κ1) is 19.3. The third kappa shape index (κ3) is 5.21. The summed E-state index contributed by atoms with van der Waals surface area (Å²) in [6.07, 6.45) is 0.361. The molecule has 0 spiro atoms. The fourth-order valence-corrected chi connectivity index (χ4v) is 2.63. The van der Waals surface area contributed by atoms with Gasteiger partial charge < -0.3 is 14.6 Å². The first-order valence-electron chi connectivity index (χ1n) is 7.37. The van der Waals surface area contributed by atoms with Crippen molar-refractivity contribution in [3.05, 3.63) is 48.0 Å². The molecular formula is C17H17NO7S. The molecule has 0 aliphatic rings. The Bertz CT molecular complexity index is 924. The van der Waals surface area contributed by atoms with Crippen LogP contribution in [-0.2, 0) is 19.6 Å². The number of ketones is 1. The monoisotopic (exact) mass is 379 g/mol. The summed E-state index contributed by atoms with van der Waals surface area (Å²) >= 11 is 0. The van der Waals surface area contributed by atoms with E-state index in [1.807, 2.05) is 0 Å². The molecule has 0 unspecified atom stereocenters. The summed E-state index contributed by atoms with van der Waals surface area (Å²) in [5.74, 6) is -1.57. The molecule has 0 aliphatic heterocycles. The molecule has 0 aromatic heterocycles. The second-order valence-electron chi connectivity index (χ2n) is 5.33. The van der Waals surface area contributed by atoms with Gasteiger partial charge in [0.2, 0.25) is 10.0 Å². The average molecular weight is 379 g/mol. The number of rotatable bonds is 7. The van der Waals surface area contributed by atoms with E-state index in [9.17, 15) is 23.1 Å². The van der Waals surface area contributed by atoms with Crippen molar-refractivity contribution in [2.24, 2.45) is 0 Å². The highest BCUT2D eigenvalue weighted by Crippen LogP contribution is 2.36. The molecule has 2 aromatic carbocycles. The molecule has 2 rings (SSSR count). The van der Waals surface area contributed by atoms with Crippen LogP contribution in [0.2, 0.25) is 0 Å². The van der Waals surface area contributed by atoms with Gasteiger partial charge in [0.05, 0.1) is 24.6 Å². The minimum Gasteiger partial charge on any atom is -0.507 e. The van der Waals surface area contributed by atoms with Crippen LogP contribution in [0.1, 0.15) is 16.8 Å².